The van der Waals surface area contributed by atoms with Gasteiger partial charge in [-0.15, -0.1) is 0 Å². The van der Waals surface area contributed by atoms with Crippen LogP contribution in [0.25, 0.3) is 23.2 Å². The normalized spacial score (nSPS) is 11.2. The van der Waals surface area contributed by atoms with E-state index in [1.165, 1.54) is 12.1 Å². The fourth-order valence-electron chi connectivity index (χ4n) is 2.90. The molecule has 0 aliphatic rings. The van der Waals surface area contributed by atoms with Gasteiger partial charge in [0, 0.05) is 12.1 Å². The maximum atomic E-state index is 12.8. The summed E-state index contributed by atoms with van der Waals surface area (Å²) in [6.07, 6.45) is 3.42. The van der Waals surface area contributed by atoms with Crippen molar-refractivity contribution in [1.29, 1.82) is 0 Å². The van der Waals surface area contributed by atoms with Crippen LogP contribution in [0.5, 0.6) is 5.75 Å². The van der Waals surface area contributed by atoms with Crippen molar-refractivity contribution < 1.29 is 14.6 Å². The number of rotatable bonds is 6. The molecule has 2 aromatic carbocycles. The van der Waals surface area contributed by atoms with Gasteiger partial charge in [0.1, 0.15) is 11.4 Å². The van der Waals surface area contributed by atoms with Gasteiger partial charge in [-0.3, -0.25) is 4.79 Å². The van der Waals surface area contributed by atoms with Crippen LogP contribution in [-0.4, -0.2) is 27.2 Å². The highest BCUT2D eigenvalue weighted by atomic mass is 16.5. The Morgan fingerprint density at radius 2 is 1.96 bits per heavy atom. The van der Waals surface area contributed by atoms with Crippen LogP contribution >= 0.6 is 0 Å². The van der Waals surface area contributed by atoms with E-state index in [9.17, 15) is 14.7 Å². The van der Waals surface area contributed by atoms with E-state index >= 15 is 0 Å². The first-order valence-electron chi connectivity index (χ1n) is 8.73. The molecular formula is C21H20N2O4. The molecular weight excluding hydrogens is 344 g/mol. The van der Waals surface area contributed by atoms with Crippen LogP contribution in [0.15, 0.2) is 47.3 Å². The lowest BCUT2D eigenvalue weighted by molar-refractivity contribution is 0.0697. The van der Waals surface area contributed by atoms with Crippen LogP contribution < -0.4 is 10.3 Å². The first-order chi connectivity index (χ1) is 13.0. The summed E-state index contributed by atoms with van der Waals surface area (Å²) in [5.74, 6) is -0.309. The molecule has 6 heteroatoms. The number of hydrogen-bond acceptors (Lipinski definition) is 4. The van der Waals surface area contributed by atoms with E-state index in [1.807, 2.05) is 38.1 Å². The molecule has 0 saturated carbocycles. The highest BCUT2D eigenvalue weighted by molar-refractivity contribution is 5.92. The molecule has 6 nitrogen and oxygen atoms in total. The quantitative estimate of drug-likeness (QED) is 0.721. The van der Waals surface area contributed by atoms with Crippen molar-refractivity contribution >= 4 is 29.2 Å². The Balaban J connectivity index is 2.12. The van der Waals surface area contributed by atoms with Gasteiger partial charge in [0.05, 0.1) is 23.2 Å². The van der Waals surface area contributed by atoms with Crippen molar-refractivity contribution in [3.63, 3.8) is 0 Å². The molecule has 0 amide bonds. The van der Waals surface area contributed by atoms with Crippen molar-refractivity contribution in [2.75, 3.05) is 6.61 Å². The molecule has 0 radical (unpaired) electrons. The average Bonchev–Trinajstić information content (AvgIpc) is 2.67. The van der Waals surface area contributed by atoms with Crippen LogP contribution in [-0.2, 0) is 6.54 Å². The number of ether oxygens (including phenoxy) is 1. The minimum absolute atomic E-state index is 0.132. The van der Waals surface area contributed by atoms with Crippen LogP contribution in [0.1, 0.15) is 35.5 Å². The van der Waals surface area contributed by atoms with Crippen molar-refractivity contribution in [2.24, 2.45) is 0 Å². The fourth-order valence-corrected chi connectivity index (χ4v) is 2.90. The molecule has 0 saturated heterocycles. The molecule has 1 aromatic heterocycles. The van der Waals surface area contributed by atoms with Crippen LogP contribution in [0.3, 0.4) is 0 Å². The number of aromatic nitrogens is 2. The molecule has 3 aromatic rings. The van der Waals surface area contributed by atoms with Gasteiger partial charge in [-0.05, 0) is 50.3 Å². The SMILES string of the molecule is CCOc1ccccc1/C=C/c1nc2cc(C(=O)O)ccc2n(CC)c1=O. The third-order valence-corrected chi connectivity index (χ3v) is 4.17. The second-order valence-electron chi connectivity index (χ2n) is 5.86. The van der Waals surface area contributed by atoms with E-state index in [0.717, 1.165) is 11.3 Å². The van der Waals surface area contributed by atoms with Gasteiger partial charge in [-0.2, -0.15) is 0 Å². The topological polar surface area (TPSA) is 81.4 Å². The van der Waals surface area contributed by atoms with E-state index in [4.69, 9.17) is 4.74 Å². The fraction of sp³-hybridized carbons (Fsp3) is 0.190. The summed E-state index contributed by atoms with van der Waals surface area (Å²) in [5, 5.41) is 9.20. The number of carboxylic acids is 1. The van der Waals surface area contributed by atoms with E-state index in [0.29, 0.717) is 24.2 Å². The van der Waals surface area contributed by atoms with Gasteiger partial charge in [-0.25, -0.2) is 9.78 Å². The Labute approximate surface area is 156 Å². The standard InChI is InChI=1S/C21H20N2O4/c1-3-23-18-12-10-15(21(25)26)13-17(18)22-16(20(23)24)11-9-14-7-5-6-8-19(14)27-4-2/h5-13H,3-4H2,1-2H3,(H,25,26)/b11-9+. The number of carboxylic acid groups (broad SMARTS) is 1. The molecule has 0 aliphatic heterocycles. The molecule has 0 unspecified atom stereocenters. The molecule has 27 heavy (non-hydrogen) atoms. The molecule has 0 aliphatic carbocycles. The highest BCUT2D eigenvalue weighted by Gasteiger charge is 2.11. The Kier molecular flexibility index (Phi) is 5.35. The largest absolute Gasteiger partial charge is 0.493 e. The number of aryl methyl sites for hydroxylation is 1. The number of fused-ring (bicyclic) bond motifs is 1. The van der Waals surface area contributed by atoms with Gasteiger partial charge < -0.3 is 14.4 Å². The number of para-hydroxylation sites is 1. The Bertz CT molecular complexity index is 1080. The first kappa shape index (κ1) is 18.4. The number of benzene rings is 2. The van der Waals surface area contributed by atoms with Crippen LogP contribution in [0.2, 0.25) is 0 Å². The summed E-state index contributed by atoms with van der Waals surface area (Å²) < 4.78 is 7.18. The number of carbonyl (C=O) groups is 1. The average molecular weight is 364 g/mol. The summed E-state index contributed by atoms with van der Waals surface area (Å²) in [7, 11) is 0. The smallest absolute Gasteiger partial charge is 0.335 e. The molecule has 3 rings (SSSR count). The van der Waals surface area contributed by atoms with Gasteiger partial charge in [0.15, 0.2) is 0 Å². The van der Waals surface area contributed by atoms with E-state index in [1.54, 1.807) is 22.8 Å². The summed E-state index contributed by atoms with van der Waals surface area (Å²) in [4.78, 5) is 28.4. The lowest BCUT2D eigenvalue weighted by Gasteiger charge is -2.10. The lowest BCUT2D eigenvalue weighted by atomic mass is 10.1. The summed E-state index contributed by atoms with van der Waals surface area (Å²) >= 11 is 0. The van der Waals surface area contributed by atoms with E-state index in [-0.39, 0.29) is 16.8 Å². The van der Waals surface area contributed by atoms with Crippen molar-refractivity contribution in [3.8, 4) is 5.75 Å². The zero-order valence-electron chi connectivity index (χ0n) is 15.2. The van der Waals surface area contributed by atoms with Gasteiger partial charge in [0.2, 0.25) is 0 Å². The molecule has 0 spiro atoms. The van der Waals surface area contributed by atoms with Gasteiger partial charge >= 0.3 is 5.97 Å². The second-order valence-corrected chi connectivity index (χ2v) is 5.86. The summed E-state index contributed by atoms with van der Waals surface area (Å²) in [6, 6.07) is 12.1. The Hall–Kier alpha value is -3.41. The van der Waals surface area contributed by atoms with Crippen molar-refractivity contribution in [3.05, 3.63) is 69.6 Å². The molecule has 1 N–H and O–H groups in total. The van der Waals surface area contributed by atoms with Crippen LogP contribution in [0.4, 0.5) is 0 Å². The Morgan fingerprint density at radius 3 is 2.67 bits per heavy atom. The number of hydrogen-bond donors (Lipinski definition) is 1. The maximum absolute atomic E-state index is 12.8. The third kappa shape index (κ3) is 3.74. The summed E-state index contributed by atoms with van der Waals surface area (Å²) in [5.41, 5.74) is 2.07. The Morgan fingerprint density at radius 1 is 1.19 bits per heavy atom. The molecule has 0 atom stereocenters. The predicted molar refractivity (Wildman–Crippen MR) is 105 cm³/mol. The van der Waals surface area contributed by atoms with Crippen molar-refractivity contribution in [2.45, 2.75) is 20.4 Å². The van der Waals surface area contributed by atoms with Gasteiger partial charge in [-0.1, -0.05) is 18.2 Å². The molecule has 1 heterocycles. The first-order valence-corrected chi connectivity index (χ1v) is 8.73. The predicted octanol–water partition coefficient (Wildman–Crippen LogP) is 3.68. The number of nitrogens with zero attached hydrogens (tertiary/aromatic N) is 2. The van der Waals surface area contributed by atoms with Crippen LogP contribution in [0, 0.1) is 0 Å². The van der Waals surface area contributed by atoms with E-state index in [2.05, 4.69) is 4.98 Å². The number of aromatic carboxylic acids is 1. The zero-order chi connectivity index (χ0) is 19.4. The minimum atomic E-state index is -1.03. The highest BCUT2D eigenvalue weighted by Crippen LogP contribution is 2.20. The minimum Gasteiger partial charge on any atom is -0.493 e. The third-order valence-electron chi connectivity index (χ3n) is 4.17. The molecule has 0 bridgehead atoms. The summed E-state index contributed by atoms with van der Waals surface area (Å²) in [6.45, 7) is 4.77. The van der Waals surface area contributed by atoms with E-state index < -0.39 is 5.97 Å². The molecule has 138 valence electrons. The lowest BCUT2D eigenvalue weighted by Crippen LogP contribution is -2.23. The van der Waals surface area contributed by atoms with Gasteiger partial charge in [0.25, 0.3) is 5.56 Å². The maximum Gasteiger partial charge on any atom is 0.335 e. The van der Waals surface area contributed by atoms with Crippen molar-refractivity contribution in [1.82, 2.24) is 9.55 Å². The second kappa shape index (κ2) is 7.86. The zero-order valence-corrected chi connectivity index (χ0v) is 15.2. The monoisotopic (exact) mass is 364 g/mol. The molecule has 0 fully saturated rings.